The first kappa shape index (κ1) is 86.6. The summed E-state index contributed by atoms with van der Waals surface area (Å²) in [4.78, 5) is 7.50. The van der Waals surface area contributed by atoms with Crippen molar-refractivity contribution >= 4 is 85.2 Å². The predicted octanol–water partition coefficient (Wildman–Crippen LogP) is 19.6. The predicted molar refractivity (Wildman–Crippen MR) is 538 cm³/mol. The molecular formula is C115H105N10Si4+5. The monoisotopic (exact) mass is 1740 g/mol. The molecule has 0 fully saturated rings. The van der Waals surface area contributed by atoms with Gasteiger partial charge in [-0.2, -0.15) is 15.8 Å². The van der Waals surface area contributed by atoms with Gasteiger partial charge >= 0.3 is 0 Å². The normalized spacial score (nSPS) is 13.4. The highest BCUT2D eigenvalue weighted by atomic mass is 28.3. The van der Waals surface area contributed by atoms with Gasteiger partial charge in [-0.3, -0.25) is 0 Å². The molecule has 14 heteroatoms. The Morgan fingerprint density at radius 2 is 0.705 bits per heavy atom. The van der Waals surface area contributed by atoms with Gasteiger partial charge in [-0.1, -0.05) is 221 Å². The zero-order chi connectivity index (χ0) is 91.0. The third-order valence-electron chi connectivity index (χ3n) is 27.7. The molecule has 11 aromatic carbocycles. The maximum absolute atomic E-state index is 9.80. The number of aryl methyl sites for hydroxylation is 10. The molecule has 4 aliphatic heterocycles. The molecular weight excluding hydrogens is 1630 g/mol. The molecule has 21 rings (SSSR count). The molecule has 1 aliphatic carbocycles. The Hall–Kier alpha value is -14.5. The quantitative estimate of drug-likeness (QED) is 0.0942. The number of benzene rings is 11. The molecule has 0 spiro atoms. The molecule has 9 heterocycles. The van der Waals surface area contributed by atoms with Crippen molar-refractivity contribution in [1.29, 1.82) is 15.8 Å². The van der Waals surface area contributed by atoms with E-state index in [-0.39, 0.29) is 0 Å². The number of hydrogen-bond acceptors (Lipinski definition) is 3. The van der Waals surface area contributed by atoms with Crippen molar-refractivity contribution in [3.05, 3.63) is 376 Å². The Kier molecular flexibility index (Phi) is 22.8. The number of nitrogens with zero attached hydrogens (tertiary/aromatic N) is 10. The topological polar surface area (TPSA) is 99.5 Å². The number of nitriles is 3. The highest BCUT2D eigenvalue weighted by molar-refractivity contribution is 7.07. The van der Waals surface area contributed by atoms with Gasteiger partial charge in [0.15, 0.2) is 42.4 Å². The SMILES string of the molecule is Cc1cc(C#N)c2c(c1-c1cccc[n+]1C)[Si](C)(C)c1ccccc1-2.Cc1ccc2c(c1-c1cc(-c3ccccc3)cc[n+]1C)Cc1cccc(C#N)c1-2.Cc1ccc2c(c1-c1cccc[n+]1C)[Si](C)(C)c1cccc(C#N)c1-2.[C-]#[N+]c1ccc2c(c1)[Si](C)(C)c1c-2ccc(C)c1-c1cccc[n+]1C.[C-]#[N+]c1cccc2c1[Si](C)(C)c1c-2ccc(C)c1-c1cccc[n+]1C. The van der Waals surface area contributed by atoms with Crippen LogP contribution < -0.4 is 64.3 Å². The summed E-state index contributed by atoms with van der Waals surface area (Å²) in [7, 11) is 2.94. The van der Waals surface area contributed by atoms with Crippen molar-refractivity contribution in [2.75, 3.05) is 0 Å². The van der Waals surface area contributed by atoms with Crippen molar-refractivity contribution in [1.82, 2.24) is 0 Å². The van der Waals surface area contributed by atoms with Gasteiger partial charge in [0.25, 0.3) is 0 Å². The molecule has 0 atom stereocenters. The summed E-state index contributed by atoms with van der Waals surface area (Å²) in [6, 6.07) is 101. The van der Waals surface area contributed by atoms with Gasteiger partial charge in [0.05, 0.1) is 53.6 Å². The first-order valence-electron chi connectivity index (χ1n) is 44.2. The summed E-state index contributed by atoms with van der Waals surface area (Å²) in [6.07, 6.45) is 11.4. The summed E-state index contributed by atoms with van der Waals surface area (Å²) in [5.41, 5.74) is 40.5. The van der Waals surface area contributed by atoms with E-state index in [1.165, 1.54) is 192 Å². The van der Waals surface area contributed by atoms with E-state index in [0.717, 1.165) is 45.6 Å². The van der Waals surface area contributed by atoms with Gasteiger partial charge in [0.1, 0.15) is 67.5 Å². The Balaban J connectivity index is 0.000000113. The van der Waals surface area contributed by atoms with Crippen molar-refractivity contribution < 1.29 is 22.8 Å². The minimum absolute atomic E-state index is 0.746. The van der Waals surface area contributed by atoms with Crippen LogP contribution in [0.5, 0.6) is 0 Å². The molecule has 129 heavy (non-hydrogen) atoms. The van der Waals surface area contributed by atoms with Crippen LogP contribution in [0, 0.1) is 81.8 Å². The third kappa shape index (κ3) is 14.6. The average molecular weight is 1740 g/mol. The van der Waals surface area contributed by atoms with Crippen LogP contribution in [0.3, 0.4) is 0 Å². The van der Waals surface area contributed by atoms with E-state index >= 15 is 0 Å². The highest BCUT2D eigenvalue weighted by Gasteiger charge is 2.47. The molecule has 0 saturated carbocycles. The zero-order valence-corrected chi connectivity index (χ0v) is 81.0. The molecule has 10 nitrogen and oxygen atoms in total. The Morgan fingerprint density at radius 1 is 0.279 bits per heavy atom. The number of aromatic nitrogens is 5. The van der Waals surface area contributed by atoms with Gasteiger partial charge in [0.2, 0.25) is 28.5 Å². The molecule has 0 radical (unpaired) electrons. The van der Waals surface area contributed by atoms with E-state index in [0.29, 0.717) is 0 Å². The second-order valence-corrected chi connectivity index (χ2v) is 54.1. The number of pyridine rings is 5. The van der Waals surface area contributed by atoms with Crippen LogP contribution in [0.15, 0.2) is 298 Å². The van der Waals surface area contributed by atoms with Gasteiger partial charge in [-0.15, -0.1) is 0 Å². The van der Waals surface area contributed by atoms with Gasteiger partial charge in [-0.25, -0.2) is 32.5 Å². The highest BCUT2D eigenvalue weighted by Crippen LogP contribution is 2.46. The van der Waals surface area contributed by atoms with E-state index in [1.807, 2.05) is 48.5 Å². The zero-order valence-electron chi connectivity index (χ0n) is 77.0. The maximum Gasteiger partial charge on any atom is 0.213 e. The summed E-state index contributed by atoms with van der Waals surface area (Å²) in [5, 5.41) is 40.4. The molecule has 0 saturated heterocycles. The molecule has 0 N–H and O–H groups in total. The minimum atomic E-state index is -1.96. The van der Waals surface area contributed by atoms with E-state index in [2.05, 4.69) is 422 Å². The van der Waals surface area contributed by atoms with E-state index in [9.17, 15) is 15.8 Å². The van der Waals surface area contributed by atoms with Crippen LogP contribution in [0.4, 0.5) is 11.4 Å². The molecule has 0 amide bonds. The first-order chi connectivity index (χ1) is 62.0. The van der Waals surface area contributed by atoms with E-state index in [1.54, 1.807) is 0 Å². The molecule has 5 aliphatic rings. The van der Waals surface area contributed by atoms with Crippen LogP contribution in [0.2, 0.25) is 52.4 Å². The van der Waals surface area contributed by atoms with E-state index in [4.69, 9.17) is 13.1 Å². The summed E-state index contributed by atoms with van der Waals surface area (Å²) < 4.78 is 11.0. The number of fused-ring (bicyclic) bond motifs is 15. The van der Waals surface area contributed by atoms with Crippen molar-refractivity contribution in [2.45, 2.75) is 93.4 Å². The lowest BCUT2D eigenvalue weighted by molar-refractivity contribution is -0.660. The van der Waals surface area contributed by atoms with Crippen LogP contribution >= 0.6 is 0 Å². The second kappa shape index (κ2) is 34.0. The maximum atomic E-state index is 9.80. The van der Waals surface area contributed by atoms with E-state index < -0.39 is 32.3 Å². The summed E-state index contributed by atoms with van der Waals surface area (Å²) >= 11 is 0. The third-order valence-corrected chi connectivity index (χ3v) is 41.9. The number of rotatable bonds is 6. The van der Waals surface area contributed by atoms with Crippen molar-refractivity contribution in [3.63, 3.8) is 0 Å². The Morgan fingerprint density at radius 3 is 1.26 bits per heavy atom. The van der Waals surface area contributed by atoms with Crippen molar-refractivity contribution in [3.8, 4) is 141 Å². The molecule has 626 valence electrons. The molecule has 16 aromatic rings. The second-order valence-electron chi connectivity index (χ2n) is 37.0. The lowest BCUT2D eigenvalue weighted by atomic mass is 9.92. The summed E-state index contributed by atoms with van der Waals surface area (Å²) in [5.74, 6) is 0. The molecule has 0 bridgehead atoms. The molecule has 5 aromatic heterocycles. The Bertz CT molecular complexity index is 7600. The van der Waals surface area contributed by atoms with Crippen LogP contribution in [0.1, 0.15) is 55.6 Å². The largest absolute Gasteiger partial charge is 0.238 e. The fraction of sp³-hybridized carbons (Fsp3) is 0.165. The minimum Gasteiger partial charge on any atom is -0.238 e. The fourth-order valence-corrected chi connectivity index (χ4v) is 35.9. The number of hydrogen-bond donors (Lipinski definition) is 0. The summed E-state index contributed by atoms with van der Waals surface area (Å²) in [6.45, 7) is 45.2. The van der Waals surface area contributed by atoms with Crippen LogP contribution in [-0.2, 0) is 41.7 Å². The van der Waals surface area contributed by atoms with Crippen LogP contribution in [0.25, 0.3) is 133 Å². The van der Waals surface area contributed by atoms with Gasteiger partial charge in [-0.05, 0) is 220 Å². The smallest absolute Gasteiger partial charge is 0.213 e. The fourth-order valence-electron chi connectivity index (χ4n) is 21.6. The van der Waals surface area contributed by atoms with Crippen molar-refractivity contribution in [2.24, 2.45) is 35.2 Å². The lowest BCUT2D eigenvalue weighted by Gasteiger charge is -2.23. The first-order valence-corrected chi connectivity index (χ1v) is 56.2. The standard InChI is InChI=1S/C27H21N2.4C22H21N2Si/c1-18-11-12-23-24(15-21-9-6-10-22(17-28)27(21)23)26(18)25-16-20(13-14-29(25)2)19-7-4-3-5-8-19;1-15-12-13-17-16-9-8-10-18(23-2)21(16)25(4,5)22(17)20(15)19-11-6-7-14-24(19)3;1-15-9-11-18-17-12-10-16(23-2)14-20(17)25(4,5)22(18)21(15)19-8-6-7-13-24(19)3;1-15-11-12-17-21-16(14-23)8-7-10-19(21)25(3,4)22(17)20(15)18-9-5-6-13-24(18)2;1-15-13-16(14-23)21-17-9-5-6-11-19(17)25(3,4)22(21)20(15)18-10-7-8-12-24(18)2/h3-14,16H,15H2,1-2H3;2*6-14H,1,3-5H3;2*5-13H,1-4H3/q5*+1. The van der Waals surface area contributed by atoms with Gasteiger partial charge < -0.3 is 0 Å². The lowest BCUT2D eigenvalue weighted by Crippen LogP contribution is -2.51. The molecule has 0 unspecified atom stereocenters. The van der Waals surface area contributed by atoms with Gasteiger partial charge in [0, 0.05) is 88.5 Å². The average Bonchev–Trinajstić information content (AvgIpc) is 1.57. The Labute approximate surface area is 764 Å². The van der Waals surface area contributed by atoms with Crippen LogP contribution in [-0.4, -0.2) is 32.3 Å².